The number of pyridine rings is 1. The van der Waals surface area contributed by atoms with E-state index in [4.69, 9.17) is 9.47 Å². The van der Waals surface area contributed by atoms with Crippen molar-refractivity contribution in [2.45, 2.75) is 39.3 Å². The largest absolute Gasteiger partial charge is 0.493 e. The second-order valence-electron chi connectivity index (χ2n) is 7.55. The van der Waals surface area contributed by atoms with Crippen LogP contribution in [0.25, 0.3) is 11.0 Å². The number of hydrogen-bond acceptors (Lipinski definition) is 5. The van der Waals surface area contributed by atoms with E-state index in [0.717, 1.165) is 54.2 Å². The molecule has 6 nitrogen and oxygen atoms in total. The Morgan fingerprint density at radius 1 is 1.10 bits per heavy atom. The third kappa shape index (κ3) is 4.89. The quantitative estimate of drug-likeness (QED) is 0.539. The van der Waals surface area contributed by atoms with Crippen molar-refractivity contribution in [2.24, 2.45) is 0 Å². The molecule has 0 atom stereocenters. The third-order valence-corrected chi connectivity index (χ3v) is 5.16. The van der Waals surface area contributed by atoms with Crippen LogP contribution in [0.1, 0.15) is 43.0 Å². The van der Waals surface area contributed by atoms with Crippen molar-refractivity contribution in [1.29, 1.82) is 0 Å². The number of aliphatic hydroxyl groups excluding tert-OH is 1. The van der Waals surface area contributed by atoms with Crippen LogP contribution in [0.4, 0.5) is 0 Å². The summed E-state index contributed by atoms with van der Waals surface area (Å²) in [5.74, 6) is 1.83. The van der Waals surface area contributed by atoms with Gasteiger partial charge < -0.3 is 19.6 Å². The lowest BCUT2D eigenvalue weighted by molar-refractivity contribution is 0.212. The van der Waals surface area contributed by atoms with Crippen LogP contribution in [0, 0.1) is 0 Å². The van der Waals surface area contributed by atoms with E-state index in [2.05, 4.69) is 40.8 Å². The van der Waals surface area contributed by atoms with Crippen LogP contribution in [0.5, 0.6) is 11.5 Å². The van der Waals surface area contributed by atoms with Gasteiger partial charge in [0.2, 0.25) is 0 Å². The van der Waals surface area contributed by atoms with E-state index in [0.29, 0.717) is 5.92 Å². The topological polar surface area (TPSA) is 70.6 Å². The molecule has 0 amide bonds. The van der Waals surface area contributed by atoms with Gasteiger partial charge in [-0.25, -0.2) is 4.98 Å². The van der Waals surface area contributed by atoms with Gasteiger partial charge in [0, 0.05) is 43.5 Å². The number of aromatic amines is 1. The Morgan fingerprint density at radius 2 is 1.90 bits per heavy atom. The number of aliphatic hydroxyl groups is 1. The molecule has 0 saturated carbocycles. The van der Waals surface area contributed by atoms with Crippen molar-refractivity contribution >= 4 is 11.0 Å². The highest BCUT2D eigenvalue weighted by Gasteiger charge is 2.18. The first kappa shape index (κ1) is 21.1. The van der Waals surface area contributed by atoms with Gasteiger partial charge in [-0.05, 0) is 47.7 Å². The summed E-state index contributed by atoms with van der Waals surface area (Å²) in [6.45, 7) is 6.91. The maximum absolute atomic E-state index is 9.39. The van der Waals surface area contributed by atoms with Crippen LogP contribution in [0.15, 0.2) is 36.5 Å². The molecule has 3 rings (SSSR count). The van der Waals surface area contributed by atoms with Gasteiger partial charge in [-0.3, -0.25) is 4.90 Å². The van der Waals surface area contributed by atoms with Crippen LogP contribution >= 0.6 is 0 Å². The van der Waals surface area contributed by atoms with Gasteiger partial charge in [-0.15, -0.1) is 0 Å². The first-order valence-corrected chi connectivity index (χ1v) is 10.1. The number of H-pyrrole nitrogens is 1. The molecule has 0 aliphatic carbocycles. The molecule has 29 heavy (non-hydrogen) atoms. The minimum atomic E-state index is 0.176. The zero-order valence-corrected chi connectivity index (χ0v) is 17.7. The van der Waals surface area contributed by atoms with Crippen molar-refractivity contribution in [1.82, 2.24) is 14.9 Å². The average molecular weight is 398 g/mol. The Kier molecular flexibility index (Phi) is 7.12. The fourth-order valence-electron chi connectivity index (χ4n) is 3.73. The zero-order valence-electron chi connectivity index (χ0n) is 17.7. The Morgan fingerprint density at radius 3 is 2.59 bits per heavy atom. The molecular formula is C23H31N3O3. The lowest BCUT2D eigenvalue weighted by atomic mass is 10.0. The second kappa shape index (κ2) is 9.76. The molecule has 3 aromatic rings. The molecule has 2 aromatic heterocycles. The minimum Gasteiger partial charge on any atom is -0.493 e. The number of benzene rings is 1. The van der Waals surface area contributed by atoms with E-state index >= 15 is 0 Å². The van der Waals surface area contributed by atoms with Gasteiger partial charge in [0.1, 0.15) is 5.65 Å². The third-order valence-electron chi connectivity index (χ3n) is 5.16. The Hall–Kier alpha value is -2.57. The number of nitrogens with one attached hydrogen (secondary N) is 1. The number of ether oxygens (including phenoxy) is 2. The van der Waals surface area contributed by atoms with E-state index in [1.165, 1.54) is 11.3 Å². The normalized spacial score (nSPS) is 11.6. The maximum Gasteiger partial charge on any atom is 0.161 e. The van der Waals surface area contributed by atoms with Crippen LogP contribution in [-0.2, 0) is 13.1 Å². The van der Waals surface area contributed by atoms with E-state index in [-0.39, 0.29) is 6.61 Å². The number of rotatable bonds is 10. The highest BCUT2D eigenvalue weighted by molar-refractivity contribution is 5.81. The van der Waals surface area contributed by atoms with Gasteiger partial charge in [0.15, 0.2) is 11.5 Å². The highest BCUT2D eigenvalue weighted by Crippen LogP contribution is 2.30. The molecule has 0 aliphatic heterocycles. The maximum atomic E-state index is 9.39. The Bertz CT molecular complexity index is 936. The number of nitrogens with zero attached hydrogens (tertiary/aromatic N) is 2. The van der Waals surface area contributed by atoms with Gasteiger partial charge in [0.25, 0.3) is 0 Å². The molecule has 0 radical (unpaired) electrons. The van der Waals surface area contributed by atoms with Crippen molar-refractivity contribution in [3.8, 4) is 11.5 Å². The number of methoxy groups -OCH3 is 2. The molecule has 0 saturated heterocycles. The van der Waals surface area contributed by atoms with Crippen LogP contribution in [0.3, 0.4) is 0 Å². The van der Waals surface area contributed by atoms with Crippen molar-refractivity contribution in [3.63, 3.8) is 0 Å². The molecule has 156 valence electrons. The standard InChI is InChI=1S/C23H31N3O3/c1-16(2)22-19(18-7-5-10-24-23(18)25-22)15-26(11-6-12-27)14-17-8-9-20(28-3)21(13-17)29-4/h5,7-10,13,16,27H,6,11-12,14-15H2,1-4H3,(H,24,25). The molecule has 1 aromatic carbocycles. The van der Waals surface area contributed by atoms with E-state index < -0.39 is 0 Å². The SMILES string of the molecule is COc1ccc(CN(CCCO)Cc2c(C(C)C)[nH]c3ncccc23)cc1OC. The zero-order chi connectivity index (χ0) is 20.8. The molecule has 6 heteroatoms. The lowest BCUT2D eigenvalue weighted by Gasteiger charge is -2.24. The predicted octanol–water partition coefficient (Wildman–Crippen LogP) is 4.09. The van der Waals surface area contributed by atoms with Crippen molar-refractivity contribution in [2.75, 3.05) is 27.4 Å². The van der Waals surface area contributed by atoms with E-state index in [1.807, 2.05) is 24.4 Å². The number of hydrogen-bond donors (Lipinski definition) is 2. The Balaban J connectivity index is 1.90. The number of aromatic nitrogens is 2. The average Bonchev–Trinajstić information content (AvgIpc) is 3.10. The molecule has 0 fully saturated rings. The van der Waals surface area contributed by atoms with Gasteiger partial charge >= 0.3 is 0 Å². The van der Waals surface area contributed by atoms with Crippen LogP contribution in [-0.4, -0.2) is 47.3 Å². The molecule has 0 spiro atoms. The molecular weight excluding hydrogens is 366 g/mol. The summed E-state index contributed by atoms with van der Waals surface area (Å²) in [4.78, 5) is 10.4. The summed E-state index contributed by atoms with van der Waals surface area (Å²) >= 11 is 0. The monoisotopic (exact) mass is 397 g/mol. The number of fused-ring (bicyclic) bond motifs is 1. The summed E-state index contributed by atoms with van der Waals surface area (Å²) in [5, 5.41) is 10.6. The van der Waals surface area contributed by atoms with E-state index in [1.54, 1.807) is 14.2 Å². The summed E-state index contributed by atoms with van der Waals surface area (Å²) in [7, 11) is 3.29. The molecule has 0 unspecified atom stereocenters. The summed E-state index contributed by atoms with van der Waals surface area (Å²) in [6.07, 6.45) is 2.55. The summed E-state index contributed by atoms with van der Waals surface area (Å²) in [5.41, 5.74) is 4.57. The molecule has 2 heterocycles. The molecule has 0 bridgehead atoms. The molecule has 0 aliphatic rings. The van der Waals surface area contributed by atoms with Crippen molar-refractivity contribution in [3.05, 3.63) is 53.3 Å². The summed E-state index contributed by atoms with van der Waals surface area (Å²) in [6, 6.07) is 10.1. The first-order chi connectivity index (χ1) is 14.1. The van der Waals surface area contributed by atoms with Gasteiger partial charge in [-0.1, -0.05) is 19.9 Å². The van der Waals surface area contributed by atoms with Gasteiger partial charge in [-0.2, -0.15) is 0 Å². The van der Waals surface area contributed by atoms with Crippen LogP contribution < -0.4 is 9.47 Å². The van der Waals surface area contributed by atoms with E-state index in [9.17, 15) is 5.11 Å². The summed E-state index contributed by atoms with van der Waals surface area (Å²) < 4.78 is 10.8. The fourth-order valence-corrected chi connectivity index (χ4v) is 3.73. The van der Waals surface area contributed by atoms with Gasteiger partial charge in [0.05, 0.1) is 14.2 Å². The smallest absolute Gasteiger partial charge is 0.161 e. The molecule has 2 N–H and O–H groups in total. The van der Waals surface area contributed by atoms with Crippen LogP contribution in [0.2, 0.25) is 0 Å². The fraction of sp³-hybridized carbons (Fsp3) is 0.435. The second-order valence-corrected chi connectivity index (χ2v) is 7.55. The highest BCUT2D eigenvalue weighted by atomic mass is 16.5. The Labute approximate surface area is 172 Å². The predicted molar refractivity (Wildman–Crippen MR) is 116 cm³/mol. The first-order valence-electron chi connectivity index (χ1n) is 10.1. The minimum absolute atomic E-state index is 0.176. The lowest BCUT2D eigenvalue weighted by Crippen LogP contribution is -2.25. The van der Waals surface area contributed by atoms with Crippen molar-refractivity contribution < 1.29 is 14.6 Å².